The third-order valence-electron chi connectivity index (χ3n) is 7.17. The van der Waals surface area contributed by atoms with E-state index in [1.54, 1.807) is 18.8 Å². The van der Waals surface area contributed by atoms with Crippen LogP contribution in [0.2, 0.25) is 0 Å². The Morgan fingerprint density at radius 2 is 1.90 bits per heavy atom. The molecule has 2 aliphatic rings. The first kappa shape index (κ1) is 26.0. The number of ether oxygens (including phenoxy) is 2. The Labute approximate surface area is 240 Å². The highest BCUT2D eigenvalue weighted by molar-refractivity contribution is 9.10. The molecule has 0 radical (unpaired) electrons. The van der Waals surface area contributed by atoms with Crippen molar-refractivity contribution in [3.8, 4) is 17.2 Å². The van der Waals surface area contributed by atoms with Crippen molar-refractivity contribution in [3.63, 3.8) is 0 Å². The molecule has 0 saturated carbocycles. The van der Waals surface area contributed by atoms with E-state index in [2.05, 4.69) is 22.0 Å². The molecule has 0 saturated heterocycles. The van der Waals surface area contributed by atoms with Crippen LogP contribution in [0.4, 0.5) is 5.69 Å². The van der Waals surface area contributed by atoms with E-state index in [4.69, 9.17) is 14.5 Å². The van der Waals surface area contributed by atoms with Gasteiger partial charge in [0.25, 0.3) is 11.2 Å². The first-order valence-corrected chi connectivity index (χ1v) is 13.9. The third-order valence-corrected chi connectivity index (χ3v) is 8.76. The quantitative estimate of drug-likeness (QED) is 0.255. The fraction of sp³-hybridized carbons (Fsp3) is 0.172. The summed E-state index contributed by atoms with van der Waals surface area (Å²) in [5.41, 5.74) is 4.57. The van der Waals surface area contributed by atoms with Crippen molar-refractivity contribution in [2.45, 2.75) is 18.9 Å². The molecule has 0 unspecified atom stereocenters. The number of aromatic nitrogens is 1. The molecule has 1 aromatic heterocycles. The average Bonchev–Trinajstić information content (AvgIpc) is 3.27. The van der Waals surface area contributed by atoms with Crippen LogP contribution in [0.25, 0.3) is 11.8 Å². The fourth-order valence-electron chi connectivity index (χ4n) is 5.31. The highest BCUT2D eigenvalue weighted by atomic mass is 79.9. The molecule has 4 aromatic rings. The topological polar surface area (TPSA) is 116 Å². The largest absolute Gasteiger partial charge is 0.506 e. The number of non-ortho nitro benzene ring substituents is 1. The zero-order valence-corrected chi connectivity index (χ0v) is 23.8. The maximum absolute atomic E-state index is 14.0. The molecule has 202 valence electrons. The molecule has 0 bridgehead atoms. The van der Waals surface area contributed by atoms with Gasteiger partial charge >= 0.3 is 0 Å². The second-order valence-corrected chi connectivity index (χ2v) is 11.2. The van der Waals surface area contributed by atoms with Crippen LogP contribution in [0, 0.1) is 10.1 Å². The third kappa shape index (κ3) is 4.22. The van der Waals surface area contributed by atoms with Gasteiger partial charge in [-0.2, -0.15) is 0 Å². The second-order valence-electron chi connectivity index (χ2n) is 9.35. The van der Waals surface area contributed by atoms with Crippen LogP contribution in [0.1, 0.15) is 34.7 Å². The van der Waals surface area contributed by atoms with Crippen LogP contribution < -0.4 is 24.4 Å². The van der Waals surface area contributed by atoms with E-state index in [1.807, 2.05) is 36.4 Å². The summed E-state index contributed by atoms with van der Waals surface area (Å²) in [7, 11) is 3.14. The van der Waals surface area contributed by atoms with E-state index < -0.39 is 11.0 Å². The number of fused-ring (bicyclic) bond motifs is 3. The van der Waals surface area contributed by atoms with E-state index >= 15 is 0 Å². The predicted octanol–water partition coefficient (Wildman–Crippen LogP) is 4.71. The molecule has 1 N–H and O–H groups in total. The minimum absolute atomic E-state index is 0.156. The summed E-state index contributed by atoms with van der Waals surface area (Å²) in [5.74, 6) is 0.929. The maximum Gasteiger partial charge on any atom is 0.271 e. The number of rotatable bonds is 5. The van der Waals surface area contributed by atoms with Crippen molar-refractivity contribution in [2.24, 2.45) is 4.99 Å². The van der Waals surface area contributed by atoms with Crippen LogP contribution in [-0.2, 0) is 6.42 Å². The monoisotopic (exact) mass is 619 g/mol. The van der Waals surface area contributed by atoms with Crippen LogP contribution in [0.3, 0.4) is 0 Å². The number of benzene rings is 3. The average molecular weight is 620 g/mol. The summed E-state index contributed by atoms with van der Waals surface area (Å²) in [6.07, 6.45) is 3.00. The minimum atomic E-state index is -0.550. The Bertz CT molecular complexity index is 1930. The number of nitrogens with zero attached hydrogens (tertiary/aromatic N) is 3. The molecule has 0 amide bonds. The first-order chi connectivity index (χ1) is 19.3. The molecule has 1 atom stereocenters. The van der Waals surface area contributed by atoms with Crippen molar-refractivity contribution >= 4 is 44.7 Å². The fourth-order valence-corrected chi connectivity index (χ4v) is 6.76. The molecule has 2 heterocycles. The number of allylic oxidation sites excluding steroid dienone is 1. The number of nitro groups is 1. The van der Waals surface area contributed by atoms with Gasteiger partial charge in [0.15, 0.2) is 16.3 Å². The van der Waals surface area contributed by atoms with Gasteiger partial charge in [-0.1, -0.05) is 41.7 Å². The van der Waals surface area contributed by atoms with Crippen molar-refractivity contribution in [1.29, 1.82) is 0 Å². The van der Waals surface area contributed by atoms with Gasteiger partial charge in [-0.15, -0.1) is 0 Å². The number of thiazole rings is 1. The number of nitro benzene ring substituents is 1. The lowest BCUT2D eigenvalue weighted by Gasteiger charge is -2.31. The molecular formula is C29H22BrN3O6S. The van der Waals surface area contributed by atoms with Crippen LogP contribution >= 0.6 is 27.3 Å². The summed E-state index contributed by atoms with van der Waals surface area (Å²) in [6, 6.07) is 15.8. The van der Waals surface area contributed by atoms with Crippen LogP contribution in [-0.4, -0.2) is 28.8 Å². The van der Waals surface area contributed by atoms with Gasteiger partial charge in [0.05, 0.1) is 39.9 Å². The molecule has 3 aromatic carbocycles. The lowest BCUT2D eigenvalue weighted by Crippen LogP contribution is -2.38. The number of phenols is 1. The lowest BCUT2D eigenvalue weighted by molar-refractivity contribution is -0.385. The Kier molecular flexibility index (Phi) is 6.55. The van der Waals surface area contributed by atoms with Crippen LogP contribution in [0.15, 0.2) is 74.4 Å². The summed E-state index contributed by atoms with van der Waals surface area (Å²) >= 11 is 4.35. The summed E-state index contributed by atoms with van der Waals surface area (Å²) in [5, 5.41) is 22.0. The van der Waals surface area contributed by atoms with Gasteiger partial charge in [0.1, 0.15) is 5.75 Å². The Hall–Kier alpha value is -4.22. The highest BCUT2D eigenvalue weighted by Crippen LogP contribution is 2.43. The SMILES string of the molecule is COc1ccc([C@H]2C3=C(N=c4s/c(=C\c5cc([N+](=O)[O-])cc(Br)c5O)c(=O)n42)c2ccccc2CC3)cc1OC. The number of methoxy groups -OCH3 is 2. The van der Waals surface area contributed by atoms with Gasteiger partial charge in [-0.25, -0.2) is 4.99 Å². The van der Waals surface area contributed by atoms with E-state index in [1.165, 1.54) is 35.1 Å². The van der Waals surface area contributed by atoms with Crippen molar-refractivity contribution in [3.05, 3.63) is 117 Å². The zero-order chi connectivity index (χ0) is 28.1. The number of phenolic OH excluding ortho intramolecular Hbond substituents is 1. The number of aryl methyl sites for hydroxylation is 1. The Morgan fingerprint density at radius 3 is 2.65 bits per heavy atom. The van der Waals surface area contributed by atoms with Crippen molar-refractivity contribution in [2.75, 3.05) is 14.2 Å². The van der Waals surface area contributed by atoms with Gasteiger partial charge in [0, 0.05) is 23.3 Å². The van der Waals surface area contributed by atoms with Gasteiger partial charge in [-0.3, -0.25) is 19.5 Å². The van der Waals surface area contributed by atoms with E-state index in [0.29, 0.717) is 27.3 Å². The lowest BCUT2D eigenvalue weighted by atomic mass is 9.83. The molecule has 1 aliphatic heterocycles. The smallest absolute Gasteiger partial charge is 0.271 e. The van der Waals surface area contributed by atoms with E-state index in [9.17, 15) is 20.0 Å². The summed E-state index contributed by atoms with van der Waals surface area (Å²) < 4.78 is 13.1. The van der Waals surface area contributed by atoms with Gasteiger partial charge in [0.2, 0.25) is 0 Å². The standard InChI is InChI=1S/C29H22BrN3O6S/c1-38-22-10-8-16(12-23(22)39-2)26-20-9-7-15-5-3-4-6-19(15)25(20)31-29-32(26)28(35)24(40-29)13-17-11-18(33(36)37)14-21(30)27(17)34/h3-6,8,10-14,26,34H,7,9H2,1-2H3/b24-13-/t26-/m0/s1. The maximum atomic E-state index is 14.0. The number of hydrogen-bond donors (Lipinski definition) is 1. The van der Waals surface area contributed by atoms with Crippen molar-refractivity contribution in [1.82, 2.24) is 4.57 Å². The molecule has 40 heavy (non-hydrogen) atoms. The minimum Gasteiger partial charge on any atom is -0.506 e. The second kappa shape index (κ2) is 10.1. The summed E-state index contributed by atoms with van der Waals surface area (Å²) in [6.45, 7) is 0. The van der Waals surface area contributed by atoms with E-state index in [0.717, 1.165) is 28.8 Å². The van der Waals surface area contributed by atoms with Gasteiger partial charge < -0.3 is 14.6 Å². The van der Waals surface area contributed by atoms with Gasteiger partial charge in [-0.05, 0) is 63.7 Å². The van der Waals surface area contributed by atoms with Crippen LogP contribution in [0.5, 0.6) is 17.2 Å². The zero-order valence-electron chi connectivity index (χ0n) is 21.4. The first-order valence-electron chi connectivity index (χ1n) is 12.3. The molecular weight excluding hydrogens is 598 g/mol. The molecule has 1 aliphatic carbocycles. The highest BCUT2D eigenvalue weighted by Gasteiger charge is 2.33. The Morgan fingerprint density at radius 1 is 1.12 bits per heavy atom. The number of hydrogen-bond acceptors (Lipinski definition) is 8. The van der Waals surface area contributed by atoms with E-state index in [-0.39, 0.29) is 27.0 Å². The molecule has 9 nitrogen and oxygen atoms in total. The number of halogens is 1. The predicted molar refractivity (Wildman–Crippen MR) is 155 cm³/mol. The molecule has 0 spiro atoms. The molecule has 6 rings (SSSR count). The normalized spacial score (nSPS) is 16.1. The summed E-state index contributed by atoms with van der Waals surface area (Å²) in [4.78, 5) is 30.3. The van der Waals surface area contributed by atoms with Crippen molar-refractivity contribution < 1.29 is 19.5 Å². The molecule has 11 heteroatoms. The Balaban J connectivity index is 1.63. The molecule has 0 fully saturated rings. The number of aromatic hydroxyl groups is 1.